The molecule has 150 valence electrons. The van der Waals surface area contributed by atoms with Crippen molar-refractivity contribution in [2.45, 2.75) is 37.5 Å². The van der Waals surface area contributed by atoms with E-state index in [1.807, 2.05) is 53.4 Å². The third kappa shape index (κ3) is 3.05. The molecule has 1 aliphatic heterocycles. The van der Waals surface area contributed by atoms with Gasteiger partial charge in [0.1, 0.15) is 5.82 Å². The summed E-state index contributed by atoms with van der Waals surface area (Å²) in [7, 11) is 0. The highest BCUT2D eigenvalue weighted by Gasteiger charge is 2.30. The van der Waals surface area contributed by atoms with Crippen LogP contribution in [0.1, 0.15) is 59.4 Å². The van der Waals surface area contributed by atoms with Crippen LogP contribution in [0.3, 0.4) is 0 Å². The van der Waals surface area contributed by atoms with Crippen LogP contribution in [0.5, 0.6) is 0 Å². The van der Waals surface area contributed by atoms with Crippen LogP contribution in [-0.2, 0) is 0 Å². The minimum absolute atomic E-state index is 0.122. The number of nitrogens with one attached hydrogen (secondary N) is 1. The van der Waals surface area contributed by atoms with Gasteiger partial charge in [-0.2, -0.15) is 0 Å². The van der Waals surface area contributed by atoms with Gasteiger partial charge in [0.25, 0.3) is 5.91 Å². The average molecular weight is 396 g/mol. The van der Waals surface area contributed by atoms with E-state index >= 15 is 0 Å². The fraction of sp³-hybridized carbons (Fsp3) is 0.320. The van der Waals surface area contributed by atoms with E-state index in [9.17, 15) is 4.79 Å². The van der Waals surface area contributed by atoms with Gasteiger partial charge in [-0.25, -0.2) is 4.98 Å². The van der Waals surface area contributed by atoms with Crippen LogP contribution < -0.4 is 0 Å². The summed E-state index contributed by atoms with van der Waals surface area (Å²) in [4.78, 5) is 28.7. The number of hydrogen-bond acceptors (Lipinski definition) is 3. The van der Waals surface area contributed by atoms with Crippen LogP contribution >= 0.6 is 0 Å². The topological polar surface area (TPSA) is 61.9 Å². The van der Waals surface area contributed by atoms with Crippen molar-refractivity contribution in [3.63, 3.8) is 0 Å². The van der Waals surface area contributed by atoms with Gasteiger partial charge in [-0.1, -0.05) is 30.3 Å². The molecule has 1 saturated carbocycles. The number of piperidine rings is 1. The molecule has 1 atom stereocenters. The number of likely N-dealkylation sites (tertiary alicyclic amines) is 1. The van der Waals surface area contributed by atoms with Gasteiger partial charge in [-0.15, -0.1) is 0 Å². The van der Waals surface area contributed by atoms with Crippen molar-refractivity contribution >= 4 is 27.8 Å². The summed E-state index contributed by atoms with van der Waals surface area (Å²) >= 11 is 0. The van der Waals surface area contributed by atoms with E-state index in [1.54, 1.807) is 0 Å². The molecule has 2 fully saturated rings. The number of carbonyl (C=O) groups excluding carboxylic acids is 1. The number of benzene rings is 2. The molecule has 3 heterocycles. The van der Waals surface area contributed by atoms with Crippen molar-refractivity contribution in [1.29, 1.82) is 0 Å². The Morgan fingerprint density at radius 2 is 1.73 bits per heavy atom. The minimum Gasteiger partial charge on any atom is -0.342 e. The molecular formula is C25H24N4O. The summed E-state index contributed by atoms with van der Waals surface area (Å²) in [5.74, 6) is 1.88. The first-order valence-electron chi connectivity index (χ1n) is 10.9. The van der Waals surface area contributed by atoms with Gasteiger partial charge in [0.05, 0.1) is 22.1 Å². The number of aromatic amines is 1. The number of para-hydroxylation sites is 3. The van der Waals surface area contributed by atoms with Crippen LogP contribution in [0.25, 0.3) is 21.9 Å². The first-order valence-corrected chi connectivity index (χ1v) is 10.9. The van der Waals surface area contributed by atoms with Crippen molar-refractivity contribution in [2.75, 3.05) is 13.1 Å². The molecule has 0 spiro atoms. The van der Waals surface area contributed by atoms with E-state index in [2.05, 4.69) is 11.1 Å². The summed E-state index contributed by atoms with van der Waals surface area (Å²) in [5, 5.41) is 0.956. The van der Waals surface area contributed by atoms with Crippen molar-refractivity contribution in [3.05, 3.63) is 71.7 Å². The molecule has 5 heteroatoms. The fourth-order valence-electron chi connectivity index (χ4n) is 4.68. The zero-order valence-corrected chi connectivity index (χ0v) is 16.8. The van der Waals surface area contributed by atoms with E-state index in [0.717, 1.165) is 58.4 Å². The Hall–Kier alpha value is -3.21. The predicted molar refractivity (Wildman–Crippen MR) is 118 cm³/mol. The van der Waals surface area contributed by atoms with E-state index in [1.165, 1.54) is 12.8 Å². The standard InChI is InChI=1S/C25H24N4O/c30-25(19-14-23(16-11-12-16)26-20-8-2-1-7-18(19)20)29-13-5-6-17(15-29)24-27-21-9-3-4-10-22(21)28-24/h1-4,7-10,14,16-17H,5-6,11-13,15H2,(H,27,28). The normalized spacial score (nSPS) is 19.5. The number of H-pyrrole nitrogens is 1. The van der Waals surface area contributed by atoms with Gasteiger partial charge < -0.3 is 9.88 Å². The van der Waals surface area contributed by atoms with E-state index in [-0.39, 0.29) is 11.8 Å². The first kappa shape index (κ1) is 17.6. The number of hydrogen-bond donors (Lipinski definition) is 1. The largest absolute Gasteiger partial charge is 0.342 e. The van der Waals surface area contributed by atoms with Gasteiger partial charge in [-0.05, 0) is 49.9 Å². The van der Waals surface area contributed by atoms with Gasteiger partial charge in [-0.3, -0.25) is 9.78 Å². The second-order valence-corrected chi connectivity index (χ2v) is 8.62. The molecule has 0 radical (unpaired) electrons. The summed E-state index contributed by atoms with van der Waals surface area (Å²) < 4.78 is 0. The lowest BCUT2D eigenvalue weighted by Gasteiger charge is -2.32. The van der Waals surface area contributed by atoms with E-state index < -0.39 is 0 Å². The molecule has 2 aromatic heterocycles. The van der Waals surface area contributed by atoms with Gasteiger partial charge in [0.15, 0.2) is 0 Å². The third-order valence-electron chi connectivity index (χ3n) is 6.47. The Bertz CT molecular complexity index is 1220. The predicted octanol–water partition coefficient (Wildman–Crippen LogP) is 5.01. The SMILES string of the molecule is O=C(c1cc(C2CC2)nc2ccccc12)N1CCCC(c2nc3ccccc3[nH]2)C1. The number of aromatic nitrogens is 3. The molecule has 1 unspecified atom stereocenters. The fourth-order valence-corrected chi connectivity index (χ4v) is 4.68. The van der Waals surface area contributed by atoms with Crippen LogP contribution in [-0.4, -0.2) is 38.8 Å². The highest BCUT2D eigenvalue weighted by molar-refractivity contribution is 6.06. The van der Waals surface area contributed by atoms with Crippen LogP contribution in [0.2, 0.25) is 0 Å². The van der Waals surface area contributed by atoms with Crippen molar-refractivity contribution in [2.24, 2.45) is 0 Å². The Balaban J connectivity index is 1.33. The summed E-state index contributed by atoms with van der Waals surface area (Å²) in [6, 6.07) is 18.2. The maximum Gasteiger partial charge on any atom is 0.254 e. The summed E-state index contributed by atoms with van der Waals surface area (Å²) in [5.41, 5.74) is 4.85. The molecule has 5 nitrogen and oxygen atoms in total. The lowest BCUT2D eigenvalue weighted by molar-refractivity contribution is 0.0706. The summed E-state index contributed by atoms with van der Waals surface area (Å²) in [6.07, 6.45) is 4.40. The summed E-state index contributed by atoms with van der Waals surface area (Å²) in [6.45, 7) is 1.50. The Morgan fingerprint density at radius 3 is 2.57 bits per heavy atom. The number of rotatable bonds is 3. The first-order chi connectivity index (χ1) is 14.8. The number of imidazole rings is 1. The van der Waals surface area contributed by atoms with E-state index in [4.69, 9.17) is 9.97 Å². The number of nitrogens with zero attached hydrogens (tertiary/aromatic N) is 3. The number of amides is 1. The van der Waals surface area contributed by atoms with Crippen molar-refractivity contribution in [3.8, 4) is 0 Å². The Morgan fingerprint density at radius 1 is 0.933 bits per heavy atom. The molecule has 6 rings (SSSR count). The zero-order valence-electron chi connectivity index (χ0n) is 16.8. The molecule has 1 N–H and O–H groups in total. The Kier molecular flexibility index (Phi) is 4.08. The quantitative estimate of drug-likeness (QED) is 0.530. The smallest absolute Gasteiger partial charge is 0.254 e. The second-order valence-electron chi connectivity index (χ2n) is 8.62. The van der Waals surface area contributed by atoms with Gasteiger partial charge >= 0.3 is 0 Å². The Labute approximate surface area is 175 Å². The van der Waals surface area contributed by atoms with Crippen molar-refractivity contribution in [1.82, 2.24) is 19.9 Å². The number of pyridine rings is 1. The molecule has 0 bridgehead atoms. The zero-order chi connectivity index (χ0) is 20.1. The molecule has 4 aromatic rings. The monoisotopic (exact) mass is 396 g/mol. The van der Waals surface area contributed by atoms with Gasteiger partial charge in [0, 0.05) is 36.0 Å². The lowest BCUT2D eigenvalue weighted by Crippen LogP contribution is -2.39. The number of carbonyl (C=O) groups is 1. The molecule has 2 aliphatic rings. The number of fused-ring (bicyclic) bond motifs is 2. The van der Waals surface area contributed by atoms with Crippen molar-refractivity contribution < 1.29 is 4.79 Å². The molecule has 2 aromatic carbocycles. The molecule has 1 amide bonds. The molecule has 1 aliphatic carbocycles. The lowest BCUT2D eigenvalue weighted by atomic mass is 9.96. The molecular weight excluding hydrogens is 372 g/mol. The average Bonchev–Trinajstić information content (AvgIpc) is 3.56. The second kappa shape index (κ2) is 6.94. The van der Waals surface area contributed by atoms with Gasteiger partial charge in [0.2, 0.25) is 0 Å². The highest BCUT2D eigenvalue weighted by Crippen LogP contribution is 2.40. The third-order valence-corrected chi connectivity index (χ3v) is 6.47. The maximum absolute atomic E-state index is 13.6. The van der Waals surface area contributed by atoms with Crippen LogP contribution in [0.15, 0.2) is 54.6 Å². The van der Waals surface area contributed by atoms with E-state index in [0.29, 0.717) is 12.5 Å². The maximum atomic E-state index is 13.6. The van der Waals surface area contributed by atoms with Crippen LogP contribution in [0.4, 0.5) is 0 Å². The van der Waals surface area contributed by atoms with Crippen LogP contribution in [0, 0.1) is 0 Å². The highest BCUT2D eigenvalue weighted by atomic mass is 16.2. The minimum atomic E-state index is 0.122. The molecule has 1 saturated heterocycles. The molecule has 30 heavy (non-hydrogen) atoms.